The Morgan fingerprint density at radius 1 is 1.39 bits per heavy atom. The van der Waals surface area contributed by atoms with Crippen molar-refractivity contribution < 1.29 is 4.39 Å². The zero-order chi connectivity index (χ0) is 13.3. The molecule has 1 aromatic heterocycles. The van der Waals surface area contributed by atoms with E-state index in [1.54, 1.807) is 6.07 Å². The second-order valence-corrected chi connectivity index (χ2v) is 5.09. The number of nitrogens with zero attached hydrogens (tertiary/aromatic N) is 2. The Bertz CT molecular complexity index is 660. The van der Waals surface area contributed by atoms with Crippen LogP contribution >= 0.6 is 39.1 Å². The first-order valence-electron chi connectivity index (χ1n) is 4.83. The summed E-state index contributed by atoms with van der Waals surface area (Å²) in [4.78, 5) is 15.7. The van der Waals surface area contributed by atoms with Gasteiger partial charge in [0.15, 0.2) is 5.15 Å². The number of halogens is 4. The molecule has 0 saturated carbocycles. The van der Waals surface area contributed by atoms with Gasteiger partial charge < -0.3 is 0 Å². The number of hydrogen-bond acceptors (Lipinski definition) is 2. The molecule has 1 heterocycles. The molecule has 0 N–H and O–H groups in total. The molecule has 0 atom stereocenters. The number of benzene rings is 1. The van der Waals surface area contributed by atoms with E-state index in [4.69, 9.17) is 23.2 Å². The minimum absolute atomic E-state index is 0.0431. The quantitative estimate of drug-likeness (QED) is 0.776. The van der Waals surface area contributed by atoms with Gasteiger partial charge in [-0.15, -0.1) is 0 Å². The Morgan fingerprint density at radius 3 is 2.78 bits per heavy atom. The summed E-state index contributed by atoms with van der Waals surface area (Å²) >= 11 is 14.3. The van der Waals surface area contributed by atoms with E-state index in [1.165, 1.54) is 23.0 Å². The van der Waals surface area contributed by atoms with E-state index >= 15 is 0 Å². The Hall–Kier alpha value is -0.910. The van der Waals surface area contributed by atoms with Gasteiger partial charge in [-0.25, -0.2) is 9.37 Å². The first-order valence-corrected chi connectivity index (χ1v) is 6.38. The third-order valence-corrected chi connectivity index (χ3v) is 3.81. The van der Waals surface area contributed by atoms with Gasteiger partial charge in [0.05, 0.1) is 17.9 Å². The first kappa shape index (κ1) is 13.5. The highest BCUT2D eigenvalue weighted by Gasteiger charge is 2.08. The summed E-state index contributed by atoms with van der Waals surface area (Å²) in [6.45, 7) is 0.190. The maximum absolute atomic E-state index is 13.3. The van der Waals surface area contributed by atoms with Gasteiger partial charge in [-0.3, -0.25) is 9.36 Å². The van der Waals surface area contributed by atoms with Crippen molar-refractivity contribution in [2.45, 2.75) is 6.54 Å². The van der Waals surface area contributed by atoms with Crippen molar-refractivity contribution in [3.05, 3.63) is 60.9 Å². The van der Waals surface area contributed by atoms with Crippen molar-refractivity contribution in [1.82, 2.24) is 9.55 Å². The normalized spacial score (nSPS) is 10.7. The van der Waals surface area contributed by atoms with Crippen LogP contribution in [0.1, 0.15) is 5.56 Å². The summed E-state index contributed by atoms with van der Waals surface area (Å²) in [6.07, 6.45) is 1.31. The topological polar surface area (TPSA) is 34.9 Å². The van der Waals surface area contributed by atoms with Gasteiger partial charge in [-0.05, 0) is 33.6 Å². The van der Waals surface area contributed by atoms with E-state index in [2.05, 4.69) is 20.9 Å². The summed E-state index contributed by atoms with van der Waals surface area (Å²) in [5.74, 6) is -0.525. The SMILES string of the molecule is O=c1c(Br)c(Cl)ncn1Cc1ccc(Cl)c(F)c1. The highest BCUT2D eigenvalue weighted by molar-refractivity contribution is 9.10. The van der Waals surface area contributed by atoms with Crippen LogP contribution in [-0.2, 0) is 6.54 Å². The molecule has 94 valence electrons. The largest absolute Gasteiger partial charge is 0.294 e. The highest BCUT2D eigenvalue weighted by atomic mass is 79.9. The van der Waals surface area contributed by atoms with Crippen molar-refractivity contribution >= 4 is 39.1 Å². The molecule has 0 fully saturated rings. The molecule has 0 bridgehead atoms. The summed E-state index contributed by atoms with van der Waals surface area (Å²) in [5.41, 5.74) is 0.278. The van der Waals surface area contributed by atoms with E-state index in [-0.39, 0.29) is 26.8 Å². The molecule has 1 aromatic carbocycles. The third-order valence-electron chi connectivity index (χ3n) is 2.28. The Labute approximate surface area is 120 Å². The van der Waals surface area contributed by atoms with E-state index < -0.39 is 5.82 Å². The van der Waals surface area contributed by atoms with Crippen LogP contribution in [0, 0.1) is 5.82 Å². The lowest BCUT2D eigenvalue weighted by molar-refractivity contribution is 0.622. The van der Waals surface area contributed by atoms with E-state index in [0.29, 0.717) is 5.56 Å². The van der Waals surface area contributed by atoms with E-state index in [1.807, 2.05) is 0 Å². The molecule has 0 aliphatic heterocycles. The van der Waals surface area contributed by atoms with Gasteiger partial charge >= 0.3 is 0 Å². The number of hydrogen-bond donors (Lipinski definition) is 0. The highest BCUT2D eigenvalue weighted by Crippen LogP contribution is 2.17. The summed E-state index contributed by atoms with van der Waals surface area (Å²) < 4.78 is 14.8. The van der Waals surface area contributed by atoms with Crippen LogP contribution in [0.2, 0.25) is 10.2 Å². The van der Waals surface area contributed by atoms with Crippen LogP contribution in [0.5, 0.6) is 0 Å². The summed E-state index contributed by atoms with van der Waals surface area (Å²) in [6, 6.07) is 4.35. The van der Waals surface area contributed by atoms with Gasteiger partial charge in [-0.1, -0.05) is 29.3 Å². The van der Waals surface area contributed by atoms with Gasteiger partial charge in [0.25, 0.3) is 5.56 Å². The molecule has 0 saturated heterocycles. The average Bonchev–Trinajstić information content (AvgIpc) is 2.34. The van der Waals surface area contributed by atoms with Gasteiger partial charge in [0, 0.05) is 0 Å². The first-order chi connectivity index (χ1) is 8.49. The van der Waals surface area contributed by atoms with Gasteiger partial charge in [-0.2, -0.15) is 0 Å². The molecule has 0 spiro atoms. The van der Waals surface area contributed by atoms with Crippen LogP contribution < -0.4 is 5.56 Å². The van der Waals surface area contributed by atoms with E-state index in [9.17, 15) is 9.18 Å². The van der Waals surface area contributed by atoms with Crippen LogP contribution in [0.25, 0.3) is 0 Å². The summed E-state index contributed by atoms with van der Waals surface area (Å²) in [7, 11) is 0. The van der Waals surface area contributed by atoms with Crippen molar-refractivity contribution in [3.8, 4) is 0 Å². The lowest BCUT2D eigenvalue weighted by atomic mass is 10.2. The van der Waals surface area contributed by atoms with Gasteiger partial charge in [0.2, 0.25) is 0 Å². The van der Waals surface area contributed by atoms with E-state index in [0.717, 1.165) is 0 Å². The Morgan fingerprint density at radius 2 is 2.11 bits per heavy atom. The molecule has 0 aliphatic rings. The molecular weight excluding hydrogens is 346 g/mol. The fourth-order valence-electron chi connectivity index (χ4n) is 1.39. The van der Waals surface area contributed by atoms with Crippen LogP contribution in [0.15, 0.2) is 33.8 Å². The van der Waals surface area contributed by atoms with Crippen LogP contribution in [-0.4, -0.2) is 9.55 Å². The average molecular weight is 352 g/mol. The maximum atomic E-state index is 13.3. The molecule has 0 unspecified atom stereocenters. The summed E-state index contributed by atoms with van der Waals surface area (Å²) in [5, 5.41) is 0.139. The number of rotatable bonds is 2. The molecule has 18 heavy (non-hydrogen) atoms. The Kier molecular flexibility index (Phi) is 4.04. The van der Waals surface area contributed by atoms with Gasteiger partial charge in [0.1, 0.15) is 10.3 Å². The Balaban J connectivity index is 2.37. The molecule has 2 rings (SSSR count). The lowest BCUT2D eigenvalue weighted by Gasteiger charge is -2.07. The molecule has 0 radical (unpaired) electrons. The number of aromatic nitrogens is 2. The minimum atomic E-state index is -0.525. The molecule has 2 aromatic rings. The molecular formula is C11H6BrCl2FN2O. The monoisotopic (exact) mass is 350 g/mol. The standard InChI is InChI=1S/C11H6BrCl2FN2O/c12-9-10(14)16-5-17(11(9)18)4-6-1-2-7(13)8(15)3-6/h1-3,5H,4H2. The third kappa shape index (κ3) is 2.74. The maximum Gasteiger partial charge on any atom is 0.269 e. The van der Waals surface area contributed by atoms with Crippen molar-refractivity contribution in [2.24, 2.45) is 0 Å². The minimum Gasteiger partial charge on any atom is -0.294 e. The van der Waals surface area contributed by atoms with Crippen LogP contribution in [0.4, 0.5) is 4.39 Å². The second kappa shape index (κ2) is 5.38. The lowest BCUT2D eigenvalue weighted by Crippen LogP contribution is -2.21. The molecule has 7 heteroatoms. The molecule has 3 nitrogen and oxygen atoms in total. The van der Waals surface area contributed by atoms with Crippen LogP contribution in [0.3, 0.4) is 0 Å². The van der Waals surface area contributed by atoms with Crippen molar-refractivity contribution in [2.75, 3.05) is 0 Å². The predicted octanol–water partition coefficient (Wildman–Crippen LogP) is 3.50. The smallest absolute Gasteiger partial charge is 0.269 e. The zero-order valence-electron chi connectivity index (χ0n) is 8.83. The fourth-order valence-corrected chi connectivity index (χ4v) is 1.96. The van der Waals surface area contributed by atoms with Crippen molar-refractivity contribution in [3.63, 3.8) is 0 Å². The van der Waals surface area contributed by atoms with Crippen molar-refractivity contribution in [1.29, 1.82) is 0 Å². The molecule has 0 amide bonds. The zero-order valence-corrected chi connectivity index (χ0v) is 11.9. The molecule has 0 aliphatic carbocycles. The predicted molar refractivity (Wildman–Crippen MR) is 71.7 cm³/mol. The fraction of sp³-hybridized carbons (Fsp3) is 0.0909. The second-order valence-electron chi connectivity index (χ2n) is 3.53.